The van der Waals surface area contributed by atoms with Crippen molar-refractivity contribution in [2.75, 3.05) is 33.3 Å². The predicted octanol–water partition coefficient (Wildman–Crippen LogP) is 3.80. The van der Waals surface area contributed by atoms with Crippen molar-refractivity contribution in [2.24, 2.45) is 0 Å². The van der Waals surface area contributed by atoms with Crippen molar-refractivity contribution in [3.63, 3.8) is 0 Å². The van der Waals surface area contributed by atoms with E-state index in [0.29, 0.717) is 18.9 Å². The van der Waals surface area contributed by atoms with Gasteiger partial charge in [-0.3, -0.25) is 14.5 Å². The molecule has 5 nitrogen and oxygen atoms in total. The van der Waals surface area contributed by atoms with E-state index in [1.54, 1.807) is 0 Å². The van der Waals surface area contributed by atoms with Crippen LogP contribution in [0.2, 0.25) is 0 Å². The number of ether oxygens (including phenoxy) is 1. The largest absolute Gasteiger partial charge is 0.469 e. The lowest BCUT2D eigenvalue weighted by Gasteiger charge is -2.38. The highest BCUT2D eigenvalue weighted by molar-refractivity contribution is 5.76. The Balaban J connectivity index is 1.58. The molecule has 2 rings (SSSR count). The highest BCUT2D eigenvalue weighted by Gasteiger charge is 2.24. The van der Waals surface area contributed by atoms with E-state index in [1.165, 1.54) is 12.7 Å². The van der Waals surface area contributed by atoms with Crippen molar-refractivity contribution in [1.82, 2.24) is 9.80 Å². The van der Waals surface area contributed by atoms with Gasteiger partial charge in [-0.25, -0.2) is 0 Å². The molecule has 1 aliphatic heterocycles. The second kappa shape index (κ2) is 11.8. The molecule has 0 radical (unpaired) electrons. The Kier molecular flexibility index (Phi) is 9.32. The van der Waals surface area contributed by atoms with E-state index < -0.39 is 0 Å². The molecule has 1 aromatic rings. The molecule has 0 aromatic heterocycles. The summed E-state index contributed by atoms with van der Waals surface area (Å²) in [7, 11) is 1.43. The zero-order valence-electron chi connectivity index (χ0n) is 16.9. The fourth-order valence-electron chi connectivity index (χ4n) is 3.64. The van der Waals surface area contributed by atoms with E-state index in [0.717, 1.165) is 58.3 Å². The Morgan fingerprint density at radius 2 is 1.52 bits per heavy atom. The van der Waals surface area contributed by atoms with Gasteiger partial charge in [0.2, 0.25) is 5.91 Å². The topological polar surface area (TPSA) is 49.9 Å². The summed E-state index contributed by atoms with van der Waals surface area (Å²) in [4.78, 5) is 27.9. The number of rotatable bonds is 10. The normalized spacial score (nSPS) is 16.1. The highest BCUT2D eigenvalue weighted by atomic mass is 16.5. The minimum atomic E-state index is -0.133. The van der Waals surface area contributed by atoms with E-state index in [9.17, 15) is 9.59 Å². The molecule has 1 unspecified atom stereocenters. The molecular weight excluding hydrogens is 340 g/mol. The van der Waals surface area contributed by atoms with Crippen molar-refractivity contribution >= 4 is 11.9 Å². The van der Waals surface area contributed by atoms with Gasteiger partial charge in [-0.15, -0.1) is 0 Å². The fourth-order valence-corrected chi connectivity index (χ4v) is 3.64. The third-order valence-corrected chi connectivity index (χ3v) is 5.50. The number of carbonyl (C=O) groups is 2. The molecule has 1 aliphatic rings. The van der Waals surface area contributed by atoms with Crippen LogP contribution in [0.4, 0.5) is 0 Å². The number of esters is 1. The number of benzene rings is 1. The van der Waals surface area contributed by atoms with Gasteiger partial charge in [-0.1, -0.05) is 49.6 Å². The molecule has 0 aliphatic carbocycles. The first kappa shape index (κ1) is 21.4. The summed E-state index contributed by atoms with van der Waals surface area (Å²) in [5, 5.41) is 0. The molecule has 1 fully saturated rings. The van der Waals surface area contributed by atoms with Gasteiger partial charge >= 0.3 is 5.97 Å². The summed E-state index contributed by atoms with van der Waals surface area (Å²) in [5.74, 6) is 0.155. The van der Waals surface area contributed by atoms with Crippen LogP contribution in [-0.2, 0) is 14.3 Å². The molecule has 5 heteroatoms. The summed E-state index contributed by atoms with van der Waals surface area (Å²) in [5.41, 5.74) is 1.34. The lowest BCUT2D eigenvalue weighted by Crippen LogP contribution is -2.49. The van der Waals surface area contributed by atoms with Crippen molar-refractivity contribution in [3.05, 3.63) is 35.9 Å². The monoisotopic (exact) mass is 374 g/mol. The molecule has 0 N–H and O–H groups in total. The third-order valence-electron chi connectivity index (χ3n) is 5.50. The number of hydrogen-bond acceptors (Lipinski definition) is 4. The molecule has 0 saturated carbocycles. The van der Waals surface area contributed by atoms with Crippen molar-refractivity contribution < 1.29 is 14.3 Å². The van der Waals surface area contributed by atoms with Gasteiger partial charge < -0.3 is 9.64 Å². The SMILES string of the molecule is COC(=O)CCCCCCCC(=O)N1CCN(C(C)c2ccccc2)CC1. The van der Waals surface area contributed by atoms with Crippen LogP contribution >= 0.6 is 0 Å². The zero-order chi connectivity index (χ0) is 19.5. The third kappa shape index (κ3) is 7.33. The van der Waals surface area contributed by atoms with Gasteiger partial charge in [-0.05, 0) is 25.3 Å². The van der Waals surface area contributed by atoms with Gasteiger partial charge in [0.15, 0.2) is 0 Å². The number of carbonyl (C=O) groups excluding carboxylic acids is 2. The standard InChI is InChI=1S/C22H34N2O3/c1-19(20-11-7-6-8-12-20)23-15-17-24(18-16-23)21(25)13-9-4-3-5-10-14-22(26)27-2/h6-8,11-12,19H,3-5,9-10,13-18H2,1-2H3. The average Bonchev–Trinajstić information content (AvgIpc) is 2.72. The van der Waals surface area contributed by atoms with Crippen LogP contribution in [0, 0.1) is 0 Å². The summed E-state index contributed by atoms with van der Waals surface area (Å²) in [6.45, 7) is 5.78. The molecule has 27 heavy (non-hydrogen) atoms. The van der Waals surface area contributed by atoms with Gasteiger partial charge in [0.1, 0.15) is 0 Å². The average molecular weight is 375 g/mol. The number of piperazine rings is 1. The summed E-state index contributed by atoms with van der Waals surface area (Å²) in [6.07, 6.45) is 6.12. The number of unbranched alkanes of at least 4 members (excludes halogenated alkanes) is 4. The first-order valence-corrected chi connectivity index (χ1v) is 10.3. The number of amides is 1. The lowest BCUT2D eigenvalue weighted by atomic mass is 10.1. The molecule has 1 atom stereocenters. The van der Waals surface area contributed by atoms with Crippen LogP contribution in [0.5, 0.6) is 0 Å². The fraction of sp³-hybridized carbons (Fsp3) is 0.636. The minimum absolute atomic E-state index is 0.133. The Morgan fingerprint density at radius 3 is 2.15 bits per heavy atom. The van der Waals surface area contributed by atoms with Crippen LogP contribution in [0.25, 0.3) is 0 Å². The molecule has 1 heterocycles. The Morgan fingerprint density at radius 1 is 0.926 bits per heavy atom. The molecule has 0 spiro atoms. The first-order chi connectivity index (χ1) is 13.1. The summed E-state index contributed by atoms with van der Waals surface area (Å²) >= 11 is 0. The molecule has 1 saturated heterocycles. The quantitative estimate of drug-likeness (QED) is 0.462. The van der Waals surface area contributed by atoms with Crippen molar-refractivity contribution in [3.8, 4) is 0 Å². The van der Waals surface area contributed by atoms with E-state index in [2.05, 4.69) is 40.8 Å². The molecule has 1 amide bonds. The Hall–Kier alpha value is -1.88. The van der Waals surface area contributed by atoms with Crippen LogP contribution in [-0.4, -0.2) is 55.0 Å². The maximum absolute atomic E-state index is 12.4. The zero-order valence-corrected chi connectivity index (χ0v) is 16.9. The second-order valence-corrected chi connectivity index (χ2v) is 7.35. The highest BCUT2D eigenvalue weighted by Crippen LogP contribution is 2.21. The van der Waals surface area contributed by atoms with E-state index in [4.69, 9.17) is 0 Å². The Labute approximate surface area is 163 Å². The first-order valence-electron chi connectivity index (χ1n) is 10.3. The van der Waals surface area contributed by atoms with E-state index in [1.807, 2.05) is 11.0 Å². The number of hydrogen-bond donors (Lipinski definition) is 0. The molecule has 1 aromatic carbocycles. The van der Waals surface area contributed by atoms with Gasteiger partial charge in [-0.2, -0.15) is 0 Å². The number of methoxy groups -OCH3 is 1. The smallest absolute Gasteiger partial charge is 0.305 e. The van der Waals surface area contributed by atoms with E-state index in [-0.39, 0.29) is 11.9 Å². The number of nitrogens with zero attached hydrogens (tertiary/aromatic N) is 2. The van der Waals surface area contributed by atoms with Crippen LogP contribution in [0.15, 0.2) is 30.3 Å². The van der Waals surface area contributed by atoms with Crippen molar-refractivity contribution in [1.29, 1.82) is 0 Å². The van der Waals surface area contributed by atoms with Crippen LogP contribution < -0.4 is 0 Å². The maximum atomic E-state index is 12.4. The molecule has 150 valence electrons. The minimum Gasteiger partial charge on any atom is -0.469 e. The Bertz CT molecular complexity index is 568. The van der Waals surface area contributed by atoms with Gasteiger partial charge in [0.05, 0.1) is 7.11 Å². The van der Waals surface area contributed by atoms with Gasteiger partial charge in [0, 0.05) is 45.1 Å². The van der Waals surface area contributed by atoms with E-state index >= 15 is 0 Å². The lowest BCUT2D eigenvalue weighted by molar-refractivity contribution is -0.140. The predicted molar refractivity (Wildman–Crippen MR) is 107 cm³/mol. The molecule has 0 bridgehead atoms. The second-order valence-electron chi connectivity index (χ2n) is 7.35. The molecular formula is C22H34N2O3. The van der Waals surface area contributed by atoms with Crippen LogP contribution in [0.1, 0.15) is 63.5 Å². The summed E-state index contributed by atoms with van der Waals surface area (Å²) in [6, 6.07) is 11.0. The summed E-state index contributed by atoms with van der Waals surface area (Å²) < 4.78 is 4.63. The van der Waals surface area contributed by atoms with Gasteiger partial charge in [0.25, 0.3) is 0 Å². The van der Waals surface area contributed by atoms with Crippen molar-refractivity contribution in [2.45, 2.75) is 57.9 Å². The van der Waals surface area contributed by atoms with Crippen LogP contribution in [0.3, 0.4) is 0 Å². The maximum Gasteiger partial charge on any atom is 0.305 e.